The highest BCUT2D eigenvalue weighted by Crippen LogP contribution is 2.15. The first-order chi connectivity index (χ1) is 4.79. The van der Waals surface area contributed by atoms with Crippen LogP contribution in [0.2, 0.25) is 0 Å². The van der Waals surface area contributed by atoms with Gasteiger partial charge in [0.05, 0.1) is 0 Å². The third-order valence-electron chi connectivity index (χ3n) is 1.44. The van der Waals surface area contributed by atoms with E-state index in [2.05, 4.69) is 17.9 Å². The van der Waals surface area contributed by atoms with Gasteiger partial charge < -0.3 is 0 Å². The minimum absolute atomic E-state index is 0.0483. The number of carbonyl (C=O) groups is 1. The lowest BCUT2D eigenvalue weighted by Gasteiger charge is -1.82. The molecule has 52 valence electrons. The molecule has 1 nitrogen and oxygen atoms in total. The summed E-state index contributed by atoms with van der Waals surface area (Å²) in [5.74, 6) is 5.32. The molecule has 0 aromatic heterocycles. The number of hydrogen-bond donors (Lipinski definition) is 0. The fourth-order valence-electron chi connectivity index (χ4n) is 0.953. The fraction of sp³-hybridized carbons (Fsp3) is 0.444. The smallest absolute Gasteiger partial charge is 0.202 e. The topological polar surface area (TPSA) is 17.1 Å². The molecule has 10 heavy (non-hydrogen) atoms. The predicted octanol–water partition coefficient (Wildman–Crippen LogP) is 1.69. The molecule has 0 N–H and O–H groups in total. The Morgan fingerprint density at radius 1 is 1.70 bits per heavy atom. The van der Waals surface area contributed by atoms with Crippen LogP contribution in [0.5, 0.6) is 0 Å². The molecule has 0 heterocycles. The molecule has 0 aromatic carbocycles. The summed E-state index contributed by atoms with van der Waals surface area (Å²) in [6.07, 6.45) is 5.49. The van der Waals surface area contributed by atoms with E-state index in [-0.39, 0.29) is 5.78 Å². The van der Waals surface area contributed by atoms with Crippen molar-refractivity contribution in [3.05, 3.63) is 11.6 Å². The minimum atomic E-state index is -0.0483. The molecule has 0 saturated heterocycles. The van der Waals surface area contributed by atoms with Gasteiger partial charge in [0.2, 0.25) is 5.78 Å². The largest absolute Gasteiger partial charge is 0.285 e. The second kappa shape index (κ2) is 3.22. The van der Waals surface area contributed by atoms with Crippen molar-refractivity contribution in [2.24, 2.45) is 0 Å². The molecule has 0 spiro atoms. The average molecular weight is 134 g/mol. The van der Waals surface area contributed by atoms with Gasteiger partial charge in [0.1, 0.15) is 0 Å². The first-order valence-electron chi connectivity index (χ1n) is 3.50. The van der Waals surface area contributed by atoms with E-state index < -0.39 is 0 Å². The summed E-state index contributed by atoms with van der Waals surface area (Å²) in [7, 11) is 0. The van der Waals surface area contributed by atoms with Gasteiger partial charge in [0.25, 0.3) is 0 Å². The van der Waals surface area contributed by atoms with Crippen molar-refractivity contribution in [2.75, 3.05) is 0 Å². The lowest BCUT2D eigenvalue weighted by Crippen LogP contribution is -1.81. The first-order valence-corrected chi connectivity index (χ1v) is 3.50. The molecule has 0 bridgehead atoms. The van der Waals surface area contributed by atoms with E-state index in [1.165, 1.54) is 13.3 Å². The zero-order valence-corrected chi connectivity index (χ0v) is 6.11. The highest BCUT2D eigenvalue weighted by Gasteiger charge is 1.99. The van der Waals surface area contributed by atoms with Gasteiger partial charge in [-0.15, -0.1) is 0 Å². The van der Waals surface area contributed by atoms with Crippen molar-refractivity contribution < 1.29 is 4.79 Å². The second-order valence-corrected chi connectivity index (χ2v) is 2.43. The van der Waals surface area contributed by atoms with E-state index in [1.54, 1.807) is 0 Å². The van der Waals surface area contributed by atoms with Gasteiger partial charge in [-0.2, -0.15) is 0 Å². The van der Waals surface area contributed by atoms with E-state index >= 15 is 0 Å². The lowest BCUT2D eigenvalue weighted by atomic mass is 10.2. The number of ketones is 1. The van der Waals surface area contributed by atoms with Gasteiger partial charge in [-0.3, -0.25) is 4.79 Å². The quantitative estimate of drug-likeness (QED) is 0.364. The number of carbonyl (C=O) groups excluding carboxylic acids is 1. The zero-order chi connectivity index (χ0) is 7.40. The van der Waals surface area contributed by atoms with Gasteiger partial charge in [0, 0.05) is 6.92 Å². The fourth-order valence-corrected chi connectivity index (χ4v) is 0.953. The van der Waals surface area contributed by atoms with E-state index in [1.807, 2.05) is 0 Å². The highest BCUT2D eigenvalue weighted by molar-refractivity contribution is 5.93. The van der Waals surface area contributed by atoms with Gasteiger partial charge >= 0.3 is 0 Å². The van der Waals surface area contributed by atoms with E-state index in [0.717, 1.165) is 18.4 Å². The summed E-state index contributed by atoms with van der Waals surface area (Å²) in [5, 5.41) is 0. The number of rotatable bonds is 0. The van der Waals surface area contributed by atoms with Crippen LogP contribution < -0.4 is 0 Å². The van der Waals surface area contributed by atoms with E-state index in [0.29, 0.717) is 0 Å². The van der Waals surface area contributed by atoms with Crippen molar-refractivity contribution in [1.29, 1.82) is 0 Å². The molecule has 0 amide bonds. The summed E-state index contributed by atoms with van der Waals surface area (Å²) >= 11 is 0. The highest BCUT2D eigenvalue weighted by atomic mass is 16.1. The Hall–Kier alpha value is -1.03. The zero-order valence-electron chi connectivity index (χ0n) is 6.11. The van der Waals surface area contributed by atoms with Crippen molar-refractivity contribution in [1.82, 2.24) is 0 Å². The summed E-state index contributed by atoms with van der Waals surface area (Å²) in [6.45, 7) is 1.49. The van der Waals surface area contributed by atoms with E-state index in [4.69, 9.17) is 0 Å². The standard InChI is InChI=1S/C9H10O/c1-8(10)6-7-9-4-2-3-5-9/h4H,2-3,5H2,1H3. The Labute approximate surface area is 61.1 Å². The van der Waals surface area contributed by atoms with E-state index in [9.17, 15) is 4.79 Å². The van der Waals surface area contributed by atoms with Crippen LogP contribution >= 0.6 is 0 Å². The third-order valence-corrected chi connectivity index (χ3v) is 1.44. The molecule has 1 aliphatic rings. The molecule has 0 saturated carbocycles. The van der Waals surface area contributed by atoms with Gasteiger partial charge in [-0.1, -0.05) is 12.0 Å². The first kappa shape index (κ1) is 7.08. The predicted molar refractivity (Wildman–Crippen MR) is 40.4 cm³/mol. The maximum atomic E-state index is 10.4. The average Bonchev–Trinajstić information content (AvgIpc) is 2.34. The SMILES string of the molecule is CC(=O)C#CC1=CCCC1. The van der Waals surface area contributed by atoms with Crippen LogP contribution in [0.1, 0.15) is 26.2 Å². The van der Waals surface area contributed by atoms with Crippen LogP contribution in [-0.2, 0) is 4.79 Å². The molecular weight excluding hydrogens is 124 g/mol. The second-order valence-electron chi connectivity index (χ2n) is 2.43. The summed E-state index contributed by atoms with van der Waals surface area (Å²) in [4.78, 5) is 10.4. The van der Waals surface area contributed by atoms with Crippen LogP contribution in [0.25, 0.3) is 0 Å². The van der Waals surface area contributed by atoms with Crippen molar-refractivity contribution in [2.45, 2.75) is 26.2 Å². The van der Waals surface area contributed by atoms with Crippen LogP contribution in [-0.4, -0.2) is 5.78 Å². The van der Waals surface area contributed by atoms with Crippen molar-refractivity contribution in [3.63, 3.8) is 0 Å². The Bertz CT molecular complexity index is 225. The van der Waals surface area contributed by atoms with Crippen LogP contribution in [0.4, 0.5) is 0 Å². The van der Waals surface area contributed by atoms with Gasteiger partial charge in [-0.25, -0.2) is 0 Å². The summed E-state index contributed by atoms with van der Waals surface area (Å²) in [5.41, 5.74) is 1.13. The molecule has 1 heteroatoms. The molecule has 0 fully saturated rings. The monoisotopic (exact) mass is 134 g/mol. The molecule has 1 aliphatic carbocycles. The Kier molecular flexibility index (Phi) is 2.28. The molecule has 1 rings (SSSR count). The number of allylic oxidation sites excluding steroid dienone is 2. The van der Waals surface area contributed by atoms with Crippen LogP contribution in [0, 0.1) is 11.8 Å². The van der Waals surface area contributed by atoms with Gasteiger partial charge in [0.15, 0.2) is 0 Å². The Balaban J connectivity index is 2.54. The molecule has 0 aliphatic heterocycles. The van der Waals surface area contributed by atoms with Crippen molar-refractivity contribution in [3.8, 4) is 11.8 Å². The Morgan fingerprint density at radius 3 is 3.00 bits per heavy atom. The summed E-state index contributed by atoms with van der Waals surface area (Å²) < 4.78 is 0. The number of Topliss-reactive ketones (excluding diaryl/α,β-unsaturated/α-hetero) is 1. The minimum Gasteiger partial charge on any atom is -0.285 e. The Morgan fingerprint density at radius 2 is 2.50 bits per heavy atom. The molecular formula is C9H10O. The molecule has 0 unspecified atom stereocenters. The normalized spacial score (nSPS) is 15.5. The van der Waals surface area contributed by atoms with Crippen molar-refractivity contribution >= 4 is 5.78 Å². The lowest BCUT2D eigenvalue weighted by molar-refractivity contribution is -0.111. The van der Waals surface area contributed by atoms with Crippen LogP contribution in [0.15, 0.2) is 11.6 Å². The molecule has 0 radical (unpaired) electrons. The molecule has 0 aromatic rings. The van der Waals surface area contributed by atoms with Gasteiger partial charge in [-0.05, 0) is 30.8 Å². The van der Waals surface area contributed by atoms with Crippen LogP contribution in [0.3, 0.4) is 0 Å². The maximum Gasteiger partial charge on any atom is 0.202 e. The summed E-state index contributed by atoms with van der Waals surface area (Å²) in [6, 6.07) is 0. The maximum absolute atomic E-state index is 10.4. The number of hydrogen-bond acceptors (Lipinski definition) is 1. The third kappa shape index (κ3) is 2.06. The molecule has 0 atom stereocenters.